The number of Topliss-reactive ketones (excluding diaryl/α,β-unsaturated/α-hetero) is 2. The number of phenols is 2. The predicted molar refractivity (Wildman–Crippen MR) is 143 cm³/mol. The van der Waals surface area contributed by atoms with Gasteiger partial charge in [-0.25, -0.2) is 0 Å². The van der Waals surface area contributed by atoms with Crippen molar-refractivity contribution in [2.24, 2.45) is 0 Å². The monoisotopic (exact) mass is 598 g/mol. The van der Waals surface area contributed by atoms with E-state index in [1.165, 1.54) is 32.0 Å². The molecule has 0 aromatic heterocycles. The molecule has 1 aliphatic heterocycles. The second-order valence-electron chi connectivity index (χ2n) is 10.8. The Morgan fingerprint density at radius 3 is 2.42 bits per heavy atom. The van der Waals surface area contributed by atoms with E-state index in [1.54, 1.807) is 0 Å². The van der Waals surface area contributed by atoms with Crippen molar-refractivity contribution in [1.29, 1.82) is 0 Å². The van der Waals surface area contributed by atoms with Gasteiger partial charge in [-0.1, -0.05) is 12.1 Å². The van der Waals surface area contributed by atoms with E-state index in [1.807, 2.05) is 5.48 Å². The fraction of sp³-hybridized carbons (Fsp3) is 0.414. The Morgan fingerprint density at radius 2 is 1.77 bits per heavy atom. The molecular weight excluding hydrogens is 568 g/mol. The lowest BCUT2D eigenvalue weighted by Crippen LogP contribution is -2.51. The summed E-state index contributed by atoms with van der Waals surface area (Å²) in [5.74, 6) is -4.68. The third-order valence-electron chi connectivity index (χ3n) is 8.06. The van der Waals surface area contributed by atoms with Gasteiger partial charge in [0.05, 0.1) is 28.8 Å². The first-order chi connectivity index (χ1) is 20.3. The third-order valence-corrected chi connectivity index (χ3v) is 8.06. The number of rotatable bonds is 7. The van der Waals surface area contributed by atoms with Gasteiger partial charge in [-0.3, -0.25) is 24.0 Å². The molecule has 0 saturated carbocycles. The largest absolute Gasteiger partial charge is 0.507 e. The Kier molecular flexibility index (Phi) is 7.83. The van der Waals surface area contributed by atoms with Gasteiger partial charge in [0.25, 0.3) is 0 Å². The first-order valence-electron chi connectivity index (χ1n) is 13.5. The molecule has 1 amide bonds. The molecule has 6 N–H and O–H groups in total. The Balaban J connectivity index is 1.63. The molecule has 43 heavy (non-hydrogen) atoms. The smallest absolute Gasteiger partial charge is 0.219 e. The topological polar surface area (TPSA) is 218 Å². The van der Waals surface area contributed by atoms with Crippen LogP contribution < -0.4 is 15.5 Å². The summed E-state index contributed by atoms with van der Waals surface area (Å²) in [6.07, 6.45) is -4.66. The number of fused-ring (bicyclic) bond motifs is 3. The van der Waals surface area contributed by atoms with E-state index in [9.17, 15) is 44.5 Å². The van der Waals surface area contributed by atoms with Gasteiger partial charge in [-0.2, -0.15) is 5.48 Å². The van der Waals surface area contributed by atoms with Gasteiger partial charge >= 0.3 is 0 Å². The summed E-state index contributed by atoms with van der Waals surface area (Å²) in [5, 5.41) is 46.1. The Hall–Kier alpha value is -4.21. The van der Waals surface area contributed by atoms with Gasteiger partial charge in [0.15, 0.2) is 30.4 Å². The fourth-order valence-electron chi connectivity index (χ4n) is 5.80. The minimum atomic E-state index is -2.09. The highest BCUT2D eigenvalue weighted by molar-refractivity contribution is 6.31. The molecule has 5 atom stereocenters. The summed E-state index contributed by atoms with van der Waals surface area (Å²) in [4.78, 5) is 63.7. The van der Waals surface area contributed by atoms with Gasteiger partial charge in [0.2, 0.25) is 11.7 Å². The van der Waals surface area contributed by atoms with Crippen molar-refractivity contribution >= 4 is 29.0 Å². The molecule has 2 aromatic rings. The van der Waals surface area contributed by atoms with Crippen LogP contribution in [0.15, 0.2) is 18.2 Å². The number of carbonyl (C=O) groups is 5. The lowest BCUT2D eigenvalue weighted by atomic mass is 9.72. The molecular formula is C29H30N2O12. The van der Waals surface area contributed by atoms with Crippen molar-refractivity contribution in [2.45, 2.75) is 70.2 Å². The van der Waals surface area contributed by atoms with Crippen molar-refractivity contribution in [1.82, 2.24) is 10.8 Å². The van der Waals surface area contributed by atoms with E-state index < -0.39 is 94.6 Å². The molecule has 14 heteroatoms. The number of ketones is 4. The zero-order valence-electron chi connectivity index (χ0n) is 23.4. The van der Waals surface area contributed by atoms with E-state index >= 15 is 0 Å². The fourth-order valence-corrected chi connectivity index (χ4v) is 5.80. The molecule has 0 bridgehead atoms. The maximum Gasteiger partial charge on any atom is 0.219 e. The van der Waals surface area contributed by atoms with Crippen molar-refractivity contribution in [3.63, 3.8) is 0 Å². The van der Waals surface area contributed by atoms with Gasteiger partial charge < -0.3 is 40.1 Å². The number of carbonyl (C=O) groups excluding carboxylic acids is 5. The number of hydroxylamine groups is 1. The van der Waals surface area contributed by atoms with Crippen LogP contribution >= 0.6 is 0 Å². The lowest BCUT2D eigenvalue weighted by Gasteiger charge is -2.41. The number of phenolic OH excluding ortho intramolecular Hbond substituents is 2. The van der Waals surface area contributed by atoms with E-state index in [4.69, 9.17) is 14.2 Å². The number of aliphatic hydroxyl groups is 1. The van der Waals surface area contributed by atoms with Crippen LogP contribution in [0.3, 0.4) is 0 Å². The van der Waals surface area contributed by atoms with Crippen molar-refractivity contribution in [3.8, 4) is 17.2 Å². The first-order valence-corrected chi connectivity index (χ1v) is 13.5. The van der Waals surface area contributed by atoms with Crippen molar-refractivity contribution in [3.05, 3.63) is 51.6 Å². The second kappa shape index (κ2) is 11.1. The summed E-state index contributed by atoms with van der Waals surface area (Å²) in [6.45, 7) is 3.53. The van der Waals surface area contributed by atoms with Crippen molar-refractivity contribution < 1.29 is 58.7 Å². The SMILES string of the molecule is CC(=O)NCOc1cccc2c1C(=O)c1c(O)c3c(c(O)c1C2=O)C[C@@](O)(C(C)=O)C[C@@H]3OC1CC(NO)C(=O)C(C)O1. The summed E-state index contributed by atoms with van der Waals surface area (Å²) < 4.78 is 17.2. The highest BCUT2D eigenvalue weighted by Gasteiger charge is 2.49. The zero-order valence-corrected chi connectivity index (χ0v) is 23.4. The lowest BCUT2D eigenvalue weighted by molar-refractivity contribution is -0.226. The maximum atomic E-state index is 13.9. The molecule has 1 heterocycles. The molecule has 2 aromatic carbocycles. The highest BCUT2D eigenvalue weighted by Crippen LogP contribution is 2.52. The number of benzene rings is 2. The molecule has 0 radical (unpaired) electrons. The molecule has 5 rings (SSSR count). The summed E-state index contributed by atoms with van der Waals surface area (Å²) >= 11 is 0. The number of ether oxygens (including phenoxy) is 3. The minimum absolute atomic E-state index is 0.0533. The van der Waals surface area contributed by atoms with E-state index in [0.29, 0.717) is 0 Å². The summed E-state index contributed by atoms with van der Waals surface area (Å²) in [7, 11) is 0. The maximum absolute atomic E-state index is 13.9. The van der Waals surface area contributed by atoms with Crippen LogP contribution in [0.5, 0.6) is 17.2 Å². The highest BCUT2D eigenvalue weighted by atomic mass is 16.7. The number of nitrogens with one attached hydrogen (secondary N) is 2. The standard InChI is InChI=1S/C29H30N2O12/c1-11-24(34)16(31-40)7-19(42-11)43-18-9-29(39,12(2)32)8-15-21(18)28(38)23-22(26(15)36)25(35)14-5-4-6-17(20(14)27(23)37)41-10-30-13(3)33/h4-6,11,16,18-19,31,36,38-40H,7-10H2,1-3H3,(H,30,33)/t11?,16?,18-,19?,29-/m0/s1. The number of hydrogen-bond acceptors (Lipinski definition) is 13. The van der Waals surface area contributed by atoms with Crippen LogP contribution in [0.4, 0.5) is 0 Å². The molecule has 14 nitrogen and oxygen atoms in total. The molecule has 2 aliphatic carbocycles. The summed E-state index contributed by atoms with van der Waals surface area (Å²) in [6, 6.07) is 3.13. The van der Waals surface area contributed by atoms with Crippen LogP contribution in [0.1, 0.15) is 82.7 Å². The number of amides is 1. The zero-order chi connectivity index (χ0) is 31.4. The Labute approximate surface area is 244 Å². The van der Waals surface area contributed by atoms with Crippen molar-refractivity contribution in [2.75, 3.05) is 6.73 Å². The first kappa shape index (κ1) is 30.3. The average Bonchev–Trinajstić information content (AvgIpc) is 2.94. The normalized spacial score (nSPS) is 26.3. The minimum Gasteiger partial charge on any atom is -0.507 e. The molecule has 0 spiro atoms. The molecule has 1 fully saturated rings. The van der Waals surface area contributed by atoms with Gasteiger partial charge in [0.1, 0.15) is 29.0 Å². The van der Waals surface area contributed by atoms with E-state index in [2.05, 4.69) is 5.32 Å². The van der Waals surface area contributed by atoms with Crippen LogP contribution in [0.25, 0.3) is 0 Å². The van der Waals surface area contributed by atoms with E-state index in [-0.39, 0.29) is 41.2 Å². The third kappa shape index (κ3) is 5.06. The van der Waals surface area contributed by atoms with Crippen LogP contribution in [0, 0.1) is 0 Å². The molecule has 228 valence electrons. The predicted octanol–water partition coefficient (Wildman–Crippen LogP) is 0.721. The molecule has 3 aliphatic rings. The Bertz CT molecular complexity index is 1570. The second-order valence-corrected chi connectivity index (χ2v) is 10.8. The number of hydrogen-bond donors (Lipinski definition) is 6. The van der Waals surface area contributed by atoms with Crippen LogP contribution in [0.2, 0.25) is 0 Å². The number of aromatic hydroxyl groups is 2. The molecule has 3 unspecified atom stereocenters. The van der Waals surface area contributed by atoms with Crippen LogP contribution in [-0.4, -0.2) is 80.3 Å². The van der Waals surface area contributed by atoms with Crippen LogP contribution in [-0.2, 0) is 30.3 Å². The Morgan fingerprint density at radius 1 is 1.07 bits per heavy atom. The van der Waals surface area contributed by atoms with Gasteiger partial charge in [0, 0.05) is 42.9 Å². The van der Waals surface area contributed by atoms with Gasteiger partial charge in [-0.05, 0) is 19.9 Å². The average molecular weight is 599 g/mol. The molecule has 1 saturated heterocycles. The quantitative estimate of drug-likeness (QED) is 0.126. The van der Waals surface area contributed by atoms with Gasteiger partial charge in [-0.15, -0.1) is 0 Å². The van der Waals surface area contributed by atoms with E-state index in [0.717, 1.165) is 6.92 Å². The summed E-state index contributed by atoms with van der Waals surface area (Å²) in [5.41, 5.74) is -1.90.